The van der Waals surface area contributed by atoms with Crippen molar-refractivity contribution in [3.8, 4) is 0 Å². The van der Waals surface area contributed by atoms with Gasteiger partial charge in [0.15, 0.2) is 0 Å². The minimum atomic E-state index is 0.203. The topological polar surface area (TPSA) is 128 Å². The van der Waals surface area contributed by atoms with Gasteiger partial charge in [0, 0.05) is 61.1 Å². The Morgan fingerprint density at radius 1 is 1.22 bits per heavy atom. The van der Waals surface area contributed by atoms with E-state index in [0.29, 0.717) is 23.7 Å². The van der Waals surface area contributed by atoms with E-state index < -0.39 is 0 Å². The van der Waals surface area contributed by atoms with Crippen molar-refractivity contribution in [1.29, 1.82) is 5.41 Å². The highest BCUT2D eigenvalue weighted by molar-refractivity contribution is 5.97. The van der Waals surface area contributed by atoms with Crippen LogP contribution in [-0.4, -0.2) is 48.3 Å². The molecule has 1 fully saturated rings. The lowest BCUT2D eigenvalue weighted by Crippen LogP contribution is -2.44. The zero-order valence-electron chi connectivity index (χ0n) is 22.1. The van der Waals surface area contributed by atoms with Gasteiger partial charge in [0.1, 0.15) is 11.7 Å². The number of amidine groups is 1. The maximum Gasteiger partial charge on any atom is 0.132 e. The van der Waals surface area contributed by atoms with Crippen LogP contribution in [0.15, 0.2) is 80.6 Å². The number of piperidine rings is 1. The number of nitrogens with two attached hydrogens (primary N) is 2. The summed E-state index contributed by atoms with van der Waals surface area (Å²) in [7, 11) is 0. The third kappa shape index (κ3) is 7.31. The van der Waals surface area contributed by atoms with Crippen LogP contribution in [0.4, 0.5) is 0 Å². The van der Waals surface area contributed by atoms with Gasteiger partial charge in [-0.3, -0.25) is 9.89 Å². The largest absolute Gasteiger partial charge is 0.404 e. The molecule has 0 aromatic heterocycles. The number of fused-ring (bicyclic) bond motifs is 1. The highest BCUT2D eigenvalue weighted by Gasteiger charge is 2.23. The van der Waals surface area contributed by atoms with Crippen molar-refractivity contribution in [3.63, 3.8) is 0 Å². The summed E-state index contributed by atoms with van der Waals surface area (Å²) < 4.78 is 0. The fraction of sp³-hybridized carbons (Fsp3) is 0.464. The number of hydrogen-bond donors (Lipinski definition) is 5. The first-order chi connectivity index (χ1) is 17.3. The van der Waals surface area contributed by atoms with Gasteiger partial charge in [-0.05, 0) is 68.9 Å². The lowest BCUT2D eigenvalue weighted by molar-refractivity contribution is 0.103. The SMILES string of the molecule is CC(C)C(C=N)=CC(N)=NC1=CC=C2NC=C(C(C=NCCCN3C(C)CCC[C@@H]3C)=CN)C=C2N1. The predicted molar refractivity (Wildman–Crippen MR) is 152 cm³/mol. The maximum absolute atomic E-state index is 7.54. The van der Waals surface area contributed by atoms with E-state index in [0.717, 1.165) is 47.6 Å². The summed E-state index contributed by atoms with van der Waals surface area (Å²) in [5.74, 6) is 1.18. The number of nitrogens with one attached hydrogen (secondary N) is 3. The number of hydrogen-bond acceptors (Lipinski definition) is 7. The average molecular weight is 491 g/mol. The van der Waals surface area contributed by atoms with Crippen LogP contribution in [-0.2, 0) is 0 Å². The molecule has 1 unspecified atom stereocenters. The van der Waals surface area contributed by atoms with Crippen molar-refractivity contribution in [3.05, 3.63) is 70.6 Å². The first kappa shape index (κ1) is 27.2. The second kappa shape index (κ2) is 13.1. The molecule has 7 N–H and O–H groups in total. The molecule has 0 spiro atoms. The van der Waals surface area contributed by atoms with E-state index in [9.17, 15) is 0 Å². The number of aliphatic imine (C=N–C) groups is 2. The van der Waals surface area contributed by atoms with Crippen LogP contribution in [0.2, 0.25) is 0 Å². The van der Waals surface area contributed by atoms with Gasteiger partial charge in [-0.15, -0.1) is 0 Å². The standard InChI is InChI=1S/C28H42N8/c1-19(2)22(15-29)14-27(31)35-28-10-9-25-26(34-28)13-23(18-33-25)24(16-30)17-32-11-6-12-36-20(3)7-5-8-21(36)4/h9-10,13-21,29,33-34H,5-8,11-12,30H2,1-4H3,(H2,31,35)/t20-,21?/m0/s1. The molecule has 1 saturated heterocycles. The molecule has 0 amide bonds. The van der Waals surface area contributed by atoms with Gasteiger partial charge in [0.05, 0.1) is 11.4 Å². The van der Waals surface area contributed by atoms with Gasteiger partial charge in [-0.1, -0.05) is 20.3 Å². The highest BCUT2D eigenvalue weighted by Crippen LogP contribution is 2.23. The Labute approximate surface area is 215 Å². The summed E-state index contributed by atoms with van der Waals surface area (Å²) in [6.07, 6.45) is 19.2. The van der Waals surface area contributed by atoms with Gasteiger partial charge < -0.3 is 27.5 Å². The monoisotopic (exact) mass is 490 g/mol. The summed E-state index contributed by atoms with van der Waals surface area (Å²) in [4.78, 5) is 11.7. The van der Waals surface area contributed by atoms with Crippen molar-refractivity contribution in [2.75, 3.05) is 13.1 Å². The molecular weight excluding hydrogens is 448 g/mol. The lowest BCUT2D eigenvalue weighted by atomic mass is 9.97. The zero-order chi connectivity index (χ0) is 26.1. The van der Waals surface area contributed by atoms with Gasteiger partial charge in [-0.25, -0.2) is 4.99 Å². The summed E-state index contributed by atoms with van der Waals surface area (Å²) in [6, 6.07) is 1.32. The molecule has 0 bridgehead atoms. The molecule has 8 heteroatoms. The minimum absolute atomic E-state index is 0.203. The molecule has 3 rings (SSSR count). The smallest absolute Gasteiger partial charge is 0.132 e. The van der Waals surface area contributed by atoms with Crippen molar-refractivity contribution >= 4 is 18.3 Å². The minimum Gasteiger partial charge on any atom is -0.404 e. The Bertz CT molecular complexity index is 1040. The van der Waals surface area contributed by atoms with Crippen LogP contribution in [0, 0.1) is 11.3 Å². The van der Waals surface area contributed by atoms with Gasteiger partial charge in [0.25, 0.3) is 0 Å². The Balaban J connectivity index is 1.59. The van der Waals surface area contributed by atoms with E-state index in [4.69, 9.17) is 16.9 Å². The summed E-state index contributed by atoms with van der Waals surface area (Å²) >= 11 is 0. The summed E-state index contributed by atoms with van der Waals surface area (Å²) in [5.41, 5.74) is 16.5. The van der Waals surface area contributed by atoms with E-state index in [1.165, 1.54) is 25.5 Å². The average Bonchev–Trinajstić information content (AvgIpc) is 2.85. The normalized spacial score (nSPS) is 23.9. The molecule has 3 heterocycles. The van der Waals surface area contributed by atoms with Crippen molar-refractivity contribution in [2.45, 2.75) is 65.5 Å². The molecule has 8 nitrogen and oxygen atoms in total. The molecule has 0 saturated carbocycles. The molecule has 36 heavy (non-hydrogen) atoms. The van der Waals surface area contributed by atoms with Gasteiger partial charge in [-0.2, -0.15) is 0 Å². The number of rotatable bonds is 10. The molecule has 0 radical (unpaired) electrons. The molecular formula is C28H42N8. The fourth-order valence-electron chi connectivity index (χ4n) is 4.68. The molecule has 0 aromatic rings. The number of allylic oxidation sites excluding steroid dienone is 6. The third-order valence-corrected chi connectivity index (χ3v) is 6.86. The van der Waals surface area contributed by atoms with Crippen LogP contribution >= 0.6 is 0 Å². The Morgan fingerprint density at radius 2 is 1.97 bits per heavy atom. The second-order valence-corrected chi connectivity index (χ2v) is 9.92. The molecule has 194 valence electrons. The van der Waals surface area contributed by atoms with Crippen LogP contribution in [0.25, 0.3) is 0 Å². The van der Waals surface area contributed by atoms with Gasteiger partial charge >= 0.3 is 0 Å². The quantitative estimate of drug-likeness (QED) is 0.181. The van der Waals surface area contributed by atoms with Crippen molar-refractivity contribution in [1.82, 2.24) is 15.5 Å². The third-order valence-electron chi connectivity index (χ3n) is 6.86. The number of dihydropyridines is 2. The van der Waals surface area contributed by atoms with Crippen LogP contribution in [0.1, 0.15) is 53.4 Å². The van der Waals surface area contributed by atoms with Crippen molar-refractivity contribution < 1.29 is 0 Å². The highest BCUT2D eigenvalue weighted by atomic mass is 15.2. The van der Waals surface area contributed by atoms with Crippen molar-refractivity contribution in [2.24, 2.45) is 27.4 Å². The summed E-state index contributed by atoms with van der Waals surface area (Å²) in [5, 5.41) is 14.2. The second-order valence-electron chi connectivity index (χ2n) is 9.92. The molecule has 0 aromatic carbocycles. The van der Waals surface area contributed by atoms with E-state index in [1.54, 1.807) is 12.3 Å². The Kier molecular flexibility index (Phi) is 9.87. The van der Waals surface area contributed by atoms with Gasteiger partial charge in [0.2, 0.25) is 0 Å². The predicted octanol–water partition coefficient (Wildman–Crippen LogP) is 3.84. The molecule has 3 aliphatic rings. The lowest BCUT2D eigenvalue weighted by Gasteiger charge is -2.38. The van der Waals surface area contributed by atoms with Crippen LogP contribution < -0.4 is 22.1 Å². The van der Waals surface area contributed by atoms with Crippen LogP contribution in [0.3, 0.4) is 0 Å². The molecule has 2 atom stereocenters. The summed E-state index contributed by atoms with van der Waals surface area (Å²) in [6.45, 7) is 10.6. The first-order valence-electron chi connectivity index (χ1n) is 12.9. The first-order valence-corrected chi connectivity index (χ1v) is 12.9. The fourth-order valence-corrected chi connectivity index (χ4v) is 4.68. The Morgan fingerprint density at radius 3 is 2.64 bits per heavy atom. The number of likely N-dealkylation sites (tertiary alicyclic amines) is 1. The molecule has 3 aliphatic heterocycles. The van der Waals surface area contributed by atoms with E-state index in [2.05, 4.69) is 39.4 Å². The van der Waals surface area contributed by atoms with E-state index in [1.807, 2.05) is 44.5 Å². The van der Waals surface area contributed by atoms with E-state index in [-0.39, 0.29) is 5.92 Å². The zero-order valence-corrected chi connectivity index (χ0v) is 22.1. The Hall–Kier alpha value is -3.39. The van der Waals surface area contributed by atoms with E-state index >= 15 is 0 Å². The number of nitrogens with zero attached hydrogens (tertiary/aromatic N) is 3. The maximum atomic E-state index is 7.54. The molecule has 0 aliphatic carbocycles. The van der Waals surface area contributed by atoms with Crippen LogP contribution in [0.5, 0.6) is 0 Å².